The molecule has 0 aliphatic heterocycles. The van der Waals surface area contributed by atoms with Crippen LogP contribution in [0.2, 0.25) is 0 Å². The standard InChI is InChI=1S/C8H14N2S2/c1-6(9-2)7-4-10-8(12-7)5-11-3/h4,6,9H,5H2,1-3H3. The van der Waals surface area contributed by atoms with Crippen molar-refractivity contribution in [3.05, 3.63) is 16.1 Å². The highest BCUT2D eigenvalue weighted by atomic mass is 32.2. The first-order valence-electron chi connectivity index (χ1n) is 3.88. The van der Waals surface area contributed by atoms with Gasteiger partial charge in [-0.3, -0.25) is 0 Å². The fourth-order valence-corrected chi connectivity index (χ4v) is 2.55. The maximum absolute atomic E-state index is 4.33. The molecule has 0 aliphatic rings. The van der Waals surface area contributed by atoms with Crippen molar-refractivity contribution in [1.82, 2.24) is 10.3 Å². The van der Waals surface area contributed by atoms with Gasteiger partial charge in [0.25, 0.3) is 0 Å². The Labute approximate surface area is 81.8 Å². The zero-order valence-corrected chi connectivity index (χ0v) is 9.26. The molecule has 0 saturated carbocycles. The van der Waals surface area contributed by atoms with E-state index in [0.717, 1.165) is 5.75 Å². The van der Waals surface area contributed by atoms with Crippen molar-refractivity contribution in [2.75, 3.05) is 13.3 Å². The summed E-state index contributed by atoms with van der Waals surface area (Å²) in [5.41, 5.74) is 0. The molecule has 1 heterocycles. The molecule has 1 aromatic heterocycles. The number of hydrogen-bond acceptors (Lipinski definition) is 4. The van der Waals surface area contributed by atoms with E-state index in [2.05, 4.69) is 23.5 Å². The zero-order valence-electron chi connectivity index (χ0n) is 7.63. The summed E-state index contributed by atoms with van der Waals surface area (Å²) in [7, 11) is 1.97. The molecule has 0 amide bonds. The largest absolute Gasteiger partial charge is 0.312 e. The molecule has 0 spiro atoms. The van der Waals surface area contributed by atoms with Gasteiger partial charge in [-0.15, -0.1) is 11.3 Å². The second kappa shape index (κ2) is 4.84. The molecule has 0 fully saturated rings. The van der Waals surface area contributed by atoms with Gasteiger partial charge in [-0.2, -0.15) is 11.8 Å². The zero-order chi connectivity index (χ0) is 8.97. The lowest BCUT2D eigenvalue weighted by molar-refractivity contribution is 0.662. The van der Waals surface area contributed by atoms with Gasteiger partial charge in [-0.25, -0.2) is 4.98 Å². The molecule has 1 atom stereocenters. The van der Waals surface area contributed by atoms with E-state index in [1.165, 1.54) is 9.88 Å². The van der Waals surface area contributed by atoms with E-state index >= 15 is 0 Å². The molecule has 1 aromatic rings. The first-order valence-corrected chi connectivity index (χ1v) is 6.09. The highest BCUT2D eigenvalue weighted by Crippen LogP contribution is 2.22. The maximum atomic E-state index is 4.33. The topological polar surface area (TPSA) is 24.9 Å². The van der Waals surface area contributed by atoms with Gasteiger partial charge in [0.05, 0.1) is 0 Å². The molecular formula is C8H14N2S2. The first kappa shape index (κ1) is 10.0. The van der Waals surface area contributed by atoms with Gasteiger partial charge in [-0.1, -0.05) is 0 Å². The molecule has 1 N–H and O–H groups in total. The molecule has 0 aromatic carbocycles. The first-order chi connectivity index (χ1) is 5.77. The predicted molar refractivity (Wildman–Crippen MR) is 56.8 cm³/mol. The van der Waals surface area contributed by atoms with Crippen molar-refractivity contribution >= 4 is 23.1 Å². The van der Waals surface area contributed by atoms with Crippen molar-refractivity contribution in [2.45, 2.75) is 18.7 Å². The molecule has 0 radical (unpaired) electrons. The number of rotatable bonds is 4. The summed E-state index contributed by atoms with van der Waals surface area (Å²) in [5.74, 6) is 1.03. The van der Waals surface area contributed by atoms with Crippen molar-refractivity contribution in [3.63, 3.8) is 0 Å². The van der Waals surface area contributed by atoms with Gasteiger partial charge in [-0.05, 0) is 20.2 Å². The van der Waals surface area contributed by atoms with Crippen molar-refractivity contribution < 1.29 is 0 Å². The molecule has 2 nitrogen and oxygen atoms in total. The van der Waals surface area contributed by atoms with E-state index in [9.17, 15) is 0 Å². The summed E-state index contributed by atoms with van der Waals surface area (Å²) >= 11 is 3.61. The fourth-order valence-electron chi connectivity index (χ4n) is 0.857. The van der Waals surface area contributed by atoms with Crippen LogP contribution in [-0.2, 0) is 5.75 Å². The van der Waals surface area contributed by atoms with Crippen molar-refractivity contribution in [1.29, 1.82) is 0 Å². The monoisotopic (exact) mass is 202 g/mol. The van der Waals surface area contributed by atoms with Crippen LogP contribution in [0, 0.1) is 0 Å². The highest BCUT2D eigenvalue weighted by Gasteiger charge is 2.06. The van der Waals surface area contributed by atoms with Crippen molar-refractivity contribution in [2.24, 2.45) is 0 Å². The SMILES string of the molecule is CNC(C)c1cnc(CSC)s1. The molecular weight excluding hydrogens is 188 g/mol. The smallest absolute Gasteiger partial charge is 0.103 e. The van der Waals surface area contributed by atoms with Crippen molar-refractivity contribution in [3.8, 4) is 0 Å². The Balaban J connectivity index is 2.63. The summed E-state index contributed by atoms with van der Waals surface area (Å²) in [5, 5.41) is 4.42. The Morgan fingerprint density at radius 3 is 3.08 bits per heavy atom. The summed E-state index contributed by atoms with van der Waals surface area (Å²) < 4.78 is 0. The molecule has 4 heteroatoms. The number of thiazole rings is 1. The third-order valence-electron chi connectivity index (χ3n) is 1.70. The normalized spacial score (nSPS) is 13.2. The molecule has 0 bridgehead atoms. The van der Waals surface area contributed by atoms with E-state index in [-0.39, 0.29) is 0 Å². The number of nitrogens with zero attached hydrogens (tertiary/aromatic N) is 1. The number of aromatic nitrogens is 1. The Morgan fingerprint density at radius 1 is 1.75 bits per heavy atom. The molecule has 1 unspecified atom stereocenters. The Kier molecular flexibility index (Phi) is 4.05. The summed E-state index contributed by atoms with van der Waals surface area (Å²) in [4.78, 5) is 5.65. The third kappa shape index (κ3) is 2.47. The number of nitrogens with one attached hydrogen (secondary N) is 1. The van der Waals surface area contributed by atoms with Gasteiger partial charge >= 0.3 is 0 Å². The van der Waals surface area contributed by atoms with Crippen LogP contribution < -0.4 is 5.32 Å². The Hall–Kier alpha value is -0.0600. The minimum Gasteiger partial charge on any atom is -0.312 e. The van der Waals surface area contributed by atoms with Crippen LogP contribution in [-0.4, -0.2) is 18.3 Å². The number of thioether (sulfide) groups is 1. The minimum absolute atomic E-state index is 0.429. The lowest BCUT2D eigenvalue weighted by Gasteiger charge is -2.04. The summed E-state index contributed by atoms with van der Waals surface area (Å²) in [6.45, 7) is 2.15. The Bertz CT molecular complexity index is 235. The minimum atomic E-state index is 0.429. The van der Waals surface area contributed by atoms with E-state index < -0.39 is 0 Å². The number of hydrogen-bond donors (Lipinski definition) is 1. The lowest BCUT2D eigenvalue weighted by atomic mass is 10.3. The van der Waals surface area contributed by atoms with Crippen LogP contribution >= 0.6 is 23.1 Å². The average Bonchev–Trinajstić information content (AvgIpc) is 2.52. The molecule has 0 aliphatic carbocycles. The second-order valence-electron chi connectivity index (χ2n) is 2.60. The Morgan fingerprint density at radius 2 is 2.50 bits per heavy atom. The van der Waals surface area contributed by atoms with E-state index in [0.29, 0.717) is 6.04 Å². The van der Waals surface area contributed by atoms with Crippen LogP contribution in [0.15, 0.2) is 6.20 Å². The summed E-state index contributed by atoms with van der Waals surface area (Å²) in [6.07, 6.45) is 4.07. The van der Waals surface area contributed by atoms with Gasteiger partial charge in [0.1, 0.15) is 5.01 Å². The third-order valence-corrected chi connectivity index (χ3v) is 3.62. The van der Waals surface area contributed by atoms with Crippen LogP contribution in [0.4, 0.5) is 0 Å². The van der Waals surface area contributed by atoms with Gasteiger partial charge in [0.15, 0.2) is 0 Å². The second-order valence-corrected chi connectivity index (χ2v) is 4.61. The molecule has 1 rings (SSSR count). The van der Waals surface area contributed by atoms with Crippen LogP contribution in [0.25, 0.3) is 0 Å². The predicted octanol–water partition coefficient (Wildman–Crippen LogP) is 2.29. The summed E-state index contributed by atoms with van der Waals surface area (Å²) in [6, 6.07) is 0.429. The van der Waals surface area contributed by atoms with Crippen LogP contribution in [0.5, 0.6) is 0 Å². The average molecular weight is 202 g/mol. The van der Waals surface area contributed by atoms with E-state index in [1.54, 1.807) is 11.3 Å². The van der Waals surface area contributed by atoms with Gasteiger partial charge < -0.3 is 5.32 Å². The fraction of sp³-hybridized carbons (Fsp3) is 0.625. The van der Waals surface area contributed by atoms with Crippen LogP contribution in [0.1, 0.15) is 22.9 Å². The molecule has 68 valence electrons. The maximum Gasteiger partial charge on any atom is 0.103 e. The van der Waals surface area contributed by atoms with Crippen LogP contribution in [0.3, 0.4) is 0 Å². The quantitative estimate of drug-likeness (QED) is 0.811. The highest BCUT2D eigenvalue weighted by molar-refractivity contribution is 7.97. The lowest BCUT2D eigenvalue weighted by Crippen LogP contribution is -2.10. The molecule has 12 heavy (non-hydrogen) atoms. The van der Waals surface area contributed by atoms with E-state index in [4.69, 9.17) is 0 Å². The molecule has 0 saturated heterocycles. The van der Waals surface area contributed by atoms with E-state index in [1.807, 2.05) is 25.0 Å². The van der Waals surface area contributed by atoms with Gasteiger partial charge in [0.2, 0.25) is 0 Å². The van der Waals surface area contributed by atoms with Gasteiger partial charge in [0, 0.05) is 22.9 Å².